The molecule has 1 aromatic rings. The van der Waals surface area contributed by atoms with Gasteiger partial charge in [-0.15, -0.1) is 11.6 Å². The van der Waals surface area contributed by atoms with E-state index in [0.29, 0.717) is 6.42 Å². The molecule has 0 aliphatic heterocycles. The summed E-state index contributed by atoms with van der Waals surface area (Å²) in [7, 11) is 0. The van der Waals surface area contributed by atoms with Crippen molar-refractivity contribution in [3.63, 3.8) is 0 Å². The van der Waals surface area contributed by atoms with Gasteiger partial charge in [0.1, 0.15) is 0 Å². The molecule has 0 saturated heterocycles. The molecule has 1 rings (SSSR count). The summed E-state index contributed by atoms with van der Waals surface area (Å²) >= 11 is 5.35. The number of halogens is 1. The number of alkyl halides is 1. The molecule has 0 fully saturated rings. The molecule has 1 aromatic carbocycles. The lowest BCUT2D eigenvalue weighted by atomic mass is 10.1. The Bertz CT molecular complexity index is 231. The summed E-state index contributed by atoms with van der Waals surface area (Å²) in [5.41, 5.74) is 1.03. The SMILES string of the molecule is CC.O=C(CCl)Cc1ccccc1. The smallest absolute Gasteiger partial charge is 0.151 e. The van der Waals surface area contributed by atoms with E-state index in [2.05, 4.69) is 0 Å². The van der Waals surface area contributed by atoms with Crippen LogP contribution in [0.1, 0.15) is 19.4 Å². The Morgan fingerprint density at radius 2 is 1.77 bits per heavy atom. The van der Waals surface area contributed by atoms with Crippen molar-refractivity contribution < 1.29 is 4.79 Å². The monoisotopic (exact) mass is 198 g/mol. The number of hydrogen-bond donors (Lipinski definition) is 0. The van der Waals surface area contributed by atoms with Gasteiger partial charge in [0.15, 0.2) is 5.78 Å². The highest BCUT2D eigenvalue weighted by atomic mass is 35.5. The van der Waals surface area contributed by atoms with E-state index in [1.807, 2.05) is 44.2 Å². The van der Waals surface area contributed by atoms with Crippen LogP contribution in [-0.4, -0.2) is 11.7 Å². The first kappa shape index (κ1) is 12.2. The zero-order chi connectivity index (χ0) is 10.1. The third kappa shape index (κ3) is 5.42. The van der Waals surface area contributed by atoms with Crippen molar-refractivity contribution in [3.8, 4) is 0 Å². The van der Waals surface area contributed by atoms with Crippen LogP contribution in [0.5, 0.6) is 0 Å². The van der Waals surface area contributed by atoms with Crippen LogP contribution in [0.2, 0.25) is 0 Å². The third-order valence-corrected chi connectivity index (χ3v) is 1.69. The van der Waals surface area contributed by atoms with Crippen molar-refractivity contribution >= 4 is 17.4 Å². The van der Waals surface area contributed by atoms with Crippen molar-refractivity contribution in [1.29, 1.82) is 0 Å². The van der Waals surface area contributed by atoms with Crippen LogP contribution in [-0.2, 0) is 11.2 Å². The Labute approximate surface area is 84.7 Å². The van der Waals surface area contributed by atoms with Crippen molar-refractivity contribution in [2.24, 2.45) is 0 Å². The first-order chi connectivity index (χ1) is 6.33. The second-order valence-electron chi connectivity index (χ2n) is 2.33. The number of carbonyl (C=O) groups is 1. The van der Waals surface area contributed by atoms with Gasteiger partial charge in [-0.2, -0.15) is 0 Å². The van der Waals surface area contributed by atoms with Gasteiger partial charge in [0.25, 0.3) is 0 Å². The Balaban J connectivity index is 0.000000671. The van der Waals surface area contributed by atoms with Crippen molar-refractivity contribution in [2.45, 2.75) is 20.3 Å². The van der Waals surface area contributed by atoms with Crippen LogP contribution in [0.25, 0.3) is 0 Å². The number of benzene rings is 1. The third-order valence-electron chi connectivity index (χ3n) is 1.39. The molecule has 13 heavy (non-hydrogen) atoms. The standard InChI is InChI=1S/C9H9ClO.C2H6/c10-7-9(11)6-8-4-2-1-3-5-8;1-2/h1-5H,6-7H2;1-2H3. The maximum atomic E-state index is 10.8. The molecule has 0 N–H and O–H groups in total. The number of Topliss-reactive ketones (excluding diaryl/α,β-unsaturated/α-hetero) is 1. The first-order valence-corrected chi connectivity index (χ1v) is 4.98. The van der Waals surface area contributed by atoms with Gasteiger partial charge >= 0.3 is 0 Å². The largest absolute Gasteiger partial charge is 0.298 e. The molecule has 0 atom stereocenters. The summed E-state index contributed by atoms with van der Waals surface area (Å²) in [5, 5.41) is 0. The van der Waals surface area contributed by atoms with E-state index in [1.54, 1.807) is 0 Å². The van der Waals surface area contributed by atoms with Crippen LogP contribution in [0.4, 0.5) is 0 Å². The minimum Gasteiger partial charge on any atom is -0.298 e. The van der Waals surface area contributed by atoms with Gasteiger partial charge in [0, 0.05) is 6.42 Å². The minimum absolute atomic E-state index is 0.0675. The molecule has 0 aromatic heterocycles. The number of ketones is 1. The van der Waals surface area contributed by atoms with Crippen molar-refractivity contribution in [3.05, 3.63) is 35.9 Å². The van der Waals surface area contributed by atoms with Crippen molar-refractivity contribution in [2.75, 3.05) is 5.88 Å². The molecule has 0 aliphatic carbocycles. The van der Waals surface area contributed by atoms with Gasteiger partial charge in [-0.1, -0.05) is 44.2 Å². The Kier molecular flexibility index (Phi) is 7.32. The Hall–Kier alpha value is -0.820. The Morgan fingerprint density at radius 1 is 1.23 bits per heavy atom. The Morgan fingerprint density at radius 3 is 2.23 bits per heavy atom. The molecule has 2 heteroatoms. The van der Waals surface area contributed by atoms with E-state index in [0.717, 1.165) is 5.56 Å². The molecule has 0 spiro atoms. The van der Waals surface area contributed by atoms with E-state index >= 15 is 0 Å². The van der Waals surface area contributed by atoms with Crippen LogP contribution in [0, 0.1) is 0 Å². The predicted octanol–water partition coefficient (Wildman–Crippen LogP) is 3.06. The molecule has 0 unspecified atom stereocenters. The zero-order valence-electron chi connectivity index (χ0n) is 8.09. The zero-order valence-corrected chi connectivity index (χ0v) is 8.84. The molecular formula is C11H15ClO. The molecular weight excluding hydrogens is 184 g/mol. The highest BCUT2D eigenvalue weighted by Gasteiger charge is 1.99. The lowest BCUT2D eigenvalue weighted by molar-refractivity contribution is -0.116. The lowest BCUT2D eigenvalue weighted by Gasteiger charge is -1.95. The molecule has 0 amide bonds. The number of carbonyl (C=O) groups excluding carboxylic acids is 1. The van der Waals surface area contributed by atoms with Gasteiger partial charge in [-0.05, 0) is 5.56 Å². The molecule has 0 radical (unpaired) electrons. The fraction of sp³-hybridized carbons (Fsp3) is 0.364. The van der Waals surface area contributed by atoms with Crippen LogP contribution in [0.15, 0.2) is 30.3 Å². The average Bonchev–Trinajstić information content (AvgIpc) is 2.22. The summed E-state index contributed by atoms with van der Waals surface area (Å²) in [6.07, 6.45) is 0.449. The maximum absolute atomic E-state index is 10.8. The first-order valence-electron chi connectivity index (χ1n) is 4.44. The van der Waals surface area contributed by atoms with Gasteiger partial charge in [-0.25, -0.2) is 0 Å². The molecule has 0 aliphatic rings. The minimum atomic E-state index is 0.0675. The van der Waals surface area contributed by atoms with E-state index in [9.17, 15) is 4.79 Å². The normalized spacial score (nSPS) is 8.54. The molecule has 0 saturated carbocycles. The fourth-order valence-electron chi connectivity index (χ4n) is 0.871. The topological polar surface area (TPSA) is 17.1 Å². The molecule has 0 bridgehead atoms. The average molecular weight is 199 g/mol. The maximum Gasteiger partial charge on any atom is 0.151 e. The van der Waals surface area contributed by atoms with Crippen LogP contribution in [0.3, 0.4) is 0 Å². The second-order valence-corrected chi connectivity index (χ2v) is 2.60. The summed E-state index contributed by atoms with van der Waals surface area (Å²) < 4.78 is 0. The van der Waals surface area contributed by atoms with Gasteiger partial charge in [0.2, 0.25) is 0 Å². The van der Waals surface area contributed by atoms with Crippen LogP contribution >= 0.6 is 11.6 Å². The number of rotatable bonds is 3. The summed E-state index contributed by atoms with van der Waals surface area (Å²) in [6.45, 7) is 4.00. The van der Waals surface area contributed by atoms with Crippen molar-refractivity contribution in [1.82, 2.24) is 0 Å². The van der Waals surface area contributed by atoms with Gasteiger partial charge in [0.05, 0.1) is 5.88 Å². The molecule has 1 nitrogen and oxygen atoms in total. The van der Waals surface area contributed by atoms with E-state index in [4.69, 9.17) is 11.6 Å². The van der Waals surface area contributed by atoms with E-state index in [-0.39, 0.29) is 11.7 Å². The predicted molar refractivity (Wildman–Crippen MR) is 57.2 cm³/mol. The fourth-order valence-corrected chi connectivity index (χ4v) is 0.965. The quantitative estimate of drug-likeness (QED) is 0.683. The molecule has 0 heterocycles. The van der Waals surface area contributed by atoms with E-state index < -0.39 is 0 Å². The second kappa shape index (κ2) is 7.81. The van der Waals surface area contributed by atoms with E-state index in [1.165, 1.54) is 0 Å². The highest BCUT2D eigenvalue weighted by molar-refractivity contribution is 6.27. The molecule has 72 valence electrons. The summed E-state index contributed by atoms with van der Waals surface area (Å²) in [4.78, 5) is 10.8. The highest BCUT2D eigenvalue weighted by Crippen LogP contribution is 2.00. The van der Waals surface area contributed by atoms with Gasteiger partial charge < -0.3 is 0 Å². The van der Waals surface area contributed by atoms with Crippen LogP contribution < -0.4 is 0 Å². The summed E-state index contributed by atoms with van der Waals surface area (Å²) in [6, 6.07) is 9.59. The van der Waals surface area contributed by atoms with Gasteiger partial charge in [-0.3, -0.25) is 4.79 Å². The number of hydrogen-bond acceptors (Lipinski definition) is 1. The summed E-state index contributed by atoms with van der Waals surface area (Å²) in [5.74, 6) is 0.174. The lowest BCUT2D eigenvalue weighted by Crippen LogP contribution is -2.02.